The van der Waals surface area contributed by atoms with Crippen LogP contribution < -0.4 is 19.5 Å². The largest absolute Gasteiger partial charge is 0.493 e. The zero-order valence-corrected chi connectivity index (χ0v) is 10.0. The van der Waals surface area contributed by atoms with E-state index in [4.69, 9.17) is 25.8 Å². The highest BCUT2D eigenvalue weighted by Crippen LogP contribution is 2.41. The van der Waals surface area contributed by atoms with Gasteiger partial charge in [0.2, 0.25) is 0 Å². The van der Waals surface area contributed by atoms with Gasteiger partial charge in [-0.25, -0.2) is 0 Å². The van der Waals surface area contributed by atoms with Crippen molar-refractivity contribution in [1.82, 2.24) is 5.32 Å². The van der Waals surface area contributed by atoms with Crippen molar-refractivity contribution in [2.45, 2.75) is 6.10 Å². The van der Waals surface area contributed by atoms with Crippen LogP contribution in [-0.2, 0) is 0 Å². The highest BCUT2D eigenvalue weighted by atomic mass is 35.5. The predicted molar refractivity (Wildman–Crippen MR) is 61.8 cm³/mol. The van der Waals surface area contributed by atoms with Crippen LogP contribution in [0.15, 0.2) is 12.1 Å². The van der Waals surface area contributed by atoms with Crippen LogP contribution in [0.4, 0.5) is 0 Å². The molecular formula is C11H14ClNO3. The molecule has 1 fully saturated rings. The van der Waals surface area contributed by atoms with Crippen LogP contribution in [-0.4, -0.2) is 33.4 Å². The highest BCUT2D eigenvalue weighted by molar-refractivity contribution is 6.33. The first-order chi connectivity index (χ1) is 7.76. The van der Waals surface area contributed by atoms with Gasteiger partial charge in [-0.1, -0.05) is 11.6 Å². The molecule has 0 aliphatic carbocycles. The number of ether oxygens (including phenoxy) is 3. The summed E-state index contributed by atoms with van der Waals surface area (Å²) >= 11 is 6.17. The van der Waals surface area contributed by atoms with Gasteiger partial charge < -0.3 is 19.5 Å². The van der Waals surface area contributed by atoms with E-state index in [9.17, 15) is 0 Å². The zero-order valence-electron chi connectivity index (χ0n) is 9.25. The topological polar surface area (TPSA) is 39.7 Å². The average molecular weight is 244 g/mol. The van der Waals surface area contributed by atoms with E-state index in [1.807, 2.05) is 0 Å². The molecule has 1 aromatic carbocycles. The Bertz CT molecular complexity index is 380. The summed E-state index contributed by atoms with van der Waals surface area (Å²) in [4.78, 5) is 0. The molecule has 1 saturated heterocycles. The summed E-state index contributed by atoms with van der Waals surface area (Å²) in [7, 11) is 3.13. The van der Waals surface area contributed by atoms with Crippen molar-refractivity contribution >= 4 is 11.6 Å². The Morgan fingerprint density at radius 1 is 1.19 bits per heavy atom. The summed E-state index contributed by atoms with van der Waals surface area (Å²) < 4.78 is 16.0. The lowest BCUT2D eigenvalue weighted by molar-refractivity contribution is 0.142. The third-order valence-corrected chi connectivity index (χ3v) is 2.85. The van der Waals surface area contributed by atoms with E-state index >= 15 is 0 Å². The molecule has 16 heavy (non-hydrogen) atoms. The Labute approximate surface area is 99.4 Å². The minimum absolute atomic E-state index is 0.190. The molecule has 88 valence electrons. The van der Waals surface area contributed by atoms with Gasteiger partial charge in [-0.3, -0.25) is 0 Å². The fourth-order valence-corrected chi connectivity index (χ4v) is 1.77. The number of rotatable bonds is 4. The van der Waals surface area contributed by atoms with Crippen LogP contribution >= 0.6 is 11.6 Å². The SMILES string of the molecule is COc1ccc(OC2CNC2)c(Cl)c1OC. The number of nitrogens with one attached hydrogen (secondary N) is 1. The standard InChI is InChI=1S/C11H14ClNO3/c1-14-9-4-3-8(10(12)11(9)15-2)16-7-5-13-6-7/h3-4,7,13H,5-6H2,1-2H3. The highest BCUT2D eigenvalue weighted by Gasteiger charge is 2.21. The summed E-state index contributed by atoms with van der Waals surface area (Å²) in [6.07, 6.45) is 0.190. The van der Waals surface area contributed by atoms with Gasteiger partial charge in [0, 0.05) is 13.1 Å². The average Bonchev–Trinajstić information content (AvgIpc) is 2.24. The minimum atomic E-state index is 0.190. The van der Waals surface area contributed by atoms with Crippen molar-refractivity contribution in [2.24, 2.45) is 0 Å². The molecule has 1 aliphatic heterocycles. The first-order valence-electron chi connectivity index (χ1n) is 5.04. The summed E-state index contributed by atoms with van der Waals surface area (Å²) in [5.74, 6) is 1.74. The lowest BCUT2D eigenvalue weighted by Crippen LogP contribution is -2.50. The van der Waals surface area contributed by atoms with Crippen LogP contribution in [0.2, 0.25) is 5.02 Å². The van der Waals surface area contributed by atoms with Crippen molar-refractivity contribution in [1.29, 1.82) is 0 Å². The van der Waals surface area contributed by atoms with E-state index in [0.717, 1.165) is 13.1 Å². The van der Waals surface area contributed by atoms with E-state index in [1.165, 1.54) is 0 Å². The first-order valence-corrected chi connectivity index (χ1v) is 5.42. The van der Waals surface area contributed by atoms with Crippen LogP contribution in [0.25, 0.3) is 0 Å². The van der Waals surface area contributed by atoms with Gasteiger partial charge in [-0.05, 0) is 12.1 Å². The van der Waals surface area contributed by atoms with Crippen LogP contribution in [0.5, 0.6) is 17.2 Å². The molecule has 2 rings (SSSR count). The maximum absolute atomic E-state index is 6.17. The molecule has 0 amide bonds. The van der Waals surface area contributed by atoms with E-state index in [2.05, 4.69) is 5.32 Å². The minimum Gasteiger partial charge on any atom is -0.493 e. The molecule has 5 heteroatoms. The molecule has 0 spiro atoms. The second-order valence-electron chi connectivity index (χ2n) is 3.51. The maximum Gasteiger partial charge on any atom is 0.183 e. The normalized spacial score (nSPS) is 15.4. The van der Waals surface area contributed by atoms with Crippen LogP contribution in [0.3, 0.4) is 0 Å². The Morgan fingerprint density at radius 3 is 2.38 bits per heavy atom. The second kappa shape index (κ2) is 4.80. The lowest BCUT2D eigenvalue weighted by atomic mass is 10.2. The molecule has 1 aromatic rings. The Morgan fingerprint density at radius 2 is 1.88 bits per heavy atom. The third-order valence-electron chi connectivity index (χ3n) is 2.49. The van der Waals surface area contributed by atoms with E-state index in [-0.39, 0.29) is 6.10 Å². The summed E-state index contributed by atoms with van der Waals surface area (Å²) in [5, 5.41) is 3.58. The van der Waals surface area contributed by atoms with Crippen molar-refractivity contribution in [2.75, 3.05) is 27.3 Å². The molecule has 1 aliphatic rings. The quantitative estimate of drug-likeness (QED) is 0.874. The summed E-state index contributed by atoms with van der Waals surface area (Å²) in [5.41, 5.74) is 0. The fraction of sp³-hybridized carbons (Fsp3) is 0.455. The lowest BCUT2D eigenvalue weighted by Gasteiger charge is -2.28. The van der Waals surface area contributed by atoms with Gasteiger partial charge in [0.15, 0.2) is 11.5 Å². The number of hydrogen-bond donors (Lipinski definition) is 1. The van der Waals surface area contributed by atoms with Gasteiger partial charge >= 0.3 is 0 Å². The molecule has 4 nitrogen and oxygen atoms in total. The Balaban J connectivity index is 2.24. The van der Waals surface area contributed by atoms with Gasteiger partial charge in [0.05, 0.1) is 14.2 Å². The molecule has 0 saturated carbocycles. The Kier molecular flexibility index (Phi) is 3.41. The van der Waals surface area contributed by atoms with E-state index in [0.29, 0.717) is 22.3 Å². The van der Waals surface area contributed by atoms with Gasteiger partial charge in [0.25, 0.3) is 0 Å². The second-order valence-corrected chi connectivity index (χ2v) is 3.89. The molecule has 0 radical (unpaired) electrons. The number of methoxy groups -OCH3 is 2. The van der Waals surface area contributed by atoms with Crippen molar-refractivity contribution in [3.8, 4) is 17.2 Å². The monoisotopic (exact) mass is 243 g/mol. The number of halogens is 1. The van der Waals surface area contributed by atoms with Crippen molar-refractivity contribution in [3.63, 3.8) is 0 Å². The molecule has 0 unspecified atom stereocenters. The molecule has 1 N–H and O–H groups in total. The smallest absolute Gasteiger partial charge is 0.183 e. The van der Waals surface area contributed by atoms with Crippen LogP contribution in [0.1, 0.15) is 0 Å². The number of hydrogen-bond acceptors (Lipinski definition) is 4. The third kappa shape index (κ3) is 2.03. The first kappa shape index (κ1) is 11.4. The molecule has 0 aromatic heterocycles. The van der Waals surface area contributed by atoms with Gasteiger partial charge in [-0.15, -0.1) is 0 Å². The predicted octanol–water partition coefficient (Wildman–Crippen LogP) is 1.71. The molecular weight excluding hydrogens is 230 g/mol. The maximum atomic E-state index is 6.17. The molecule has 0 atom stereocenters. The Hall–Kier alpha value is -1.13. The van der Waals surface area contributed by atoms with Gasteiger partial charge in [0.1, 0.15) is 16.9 Å². The van der Waals surface area contributed by atoms with E-state index < -0.39 is 0 Å². The van der Waals surface area contributed by atoms with Crippen molar-refractivity contribution in [3.05, 3.63) is 17.2 Å². The fourth-order valence-electron chi connectivity index (χ4n) is 1.49. The summed E-state index contributed by atoms with van der Waals surface area (Å²) in [6, 6.07) is 3.58. The molecule has 0 bridgehead atoms. The molecule has 1 heterocycles. The van der Waals surface area contributed by atoms with E-state index in [1.54, 1.807) is 26.4 Å². The van der Waals surface area contributed by atoms with Gasteiger partial charge in [-0.2, -0.15) is 0 Å². The van der Waals surface area contributed by atoms with Crippen LogP contribution in [0, 0.1) is 0 Å². The number of benzene rings is 1. The zero-order chi connectivity index (χ0) is 11.5. The van der Waals surface area contributed by atoms with Crippen molar-refractivity contribution < 1.29 is 14.2 Å². The summed E-state index contributed by atoms with van der Waals surface area (Å²) in [6.45, 7) is 1.70.